The quantitative estimate of drug-likeness (QED) is 0.294. The summed E-state index contributed by atoms with van der Waals surface area (Å²) in [7, 11) is -4.64. The van der Waals surface area contributed by atoms with Gasteiger partial charge in [-0.1, -0.05) is 0 Å². The van der Waals surface area contributed by atoms with E-state index >= 15 is 0 Å². The van der Waals surface area contributed by atoms with Gasteiger partial charge in [0, 0.05) is 0 Å². The van der Waals surface area contributed by atoms with E-state index in [2.05, 4.69) is 0 Å². The summed E-state index contributed by atoms with van der Waals surface area (Å²) in [4.78, 5) is 30.3. The molecule has 0 rings (SSSR count). The van der Waals surface area contributed by atoms with Crippen LogP contribution in [0.5, 0.6) is 0 Å². The molecule has 11 heteroatoms. The summed E-state index contributed by atoms with van der Waals surface area (Å²) in [5.41, 5.74) is 0. The van der Waals surface area contributed by atoms with Gasteiger partial charge in [0.2, 0.25) is 0 Å². The third-order valence-electron chi connectivity index (χ3n) is 0.231. The van der Waals surface area contributed by atoms with Gasteiger partial charge in [-0.15, -0.1) is 0 Å². The van der Waals surface area contributed by atoms with Gasteiger partial charge in [0.25, 0.3) is 0 Å². The standard InChI is InChI=1S/C2HF3O2.K.H3O4P/c3-2(4,5)1(6)7;;1-5(2,3)4/h(H,6,7);;(H3,1,2,3,4)/q;+1;/p-1. The Morgan fingerprint density at radius 2 is 1.31 bits per heavy atom. The predicted octanol–water partition coefficient (Wildman–Crippen LogP) is -4.63. The average molecular weight is 250 g/mol. The molecule has 0 aromatic carbocycles. The van der Waals surface area contributed by atoms with E-state index in [0.29, 0.717) is 0 Å². The maximum absolute atomic E-state index is 10.5. The van der Waals surface area contributed by atoms with Crippen molar-refractivity contribution in [1.82, 2.24) is 0 Å². The van der Waals surface area contributed by atoms with Gasteiger partial charge in [0.05, 0.1) is 0 Å². The normalized spacial score (nSPS) is 10.6. The largest absolute Gasteiger partial charge is 1.00 e. The molecule has 0 aliphatic carbocycles. The number of phosphoric acid groups is 1. The molecule has 0 aliphatic rings. The van der Waals surface area contributed by atoms with Crippen molar-refractivity contribution in [2.75, 3.05) is 0 Å². The number of halogens is 3. The number of alkyl halides is 3. The topological polar surface area (TPSA) is 118 Å². The number of rotatable bonds is 0. The molecule has 13 heavy (non-hydrogen) atoms. The first-order chi connectivity index (χ1) is 4.94. The molecule has 0 amide bonds. The Balaban J connectivity index is -0.000000150. The van der Waals surface area contributed by atoms with Crippen LogP contribution in [0.3, 0.4) is 0 Å². The Bertz CT molecular complexity index is 188. The van der Waals surface area contributed by atoms with Crippen LogP contribution < -0.4 is 56.5 Å². The van der Waals surface area contributed by atoms with Gasteiger partial charge in [-0.05, 0) is 0 Å². The fraction of sp³-hybridized carbons (Fsp3) is 0.500. The fourth-order valence-corrected chi connectivity index (χ4v) is 0. The number of carbonyl (C=O) groups is 1. The second-order valence-corrected chi connectivity index (χ2v) is 2.33. The molecule has 0 fully saturated rings. The number of carboxylic acid groups (broad SMARTS) is 1. The van der Waals surface area contributed by atoms with Gasteiger partial charge >= 0.3 is 65.4 Å². The van der Waals surface area contributed by atoms with E-state index in [1.807, 2.05) is 0 Å². The minimum absolute atomic E-state index is 0. The van der Waals surface area contributed by atoms with Crippen molar-refractivity contribution in [3.8, 4) is 0 Å². The minimum atomic E-state index is -5.19. The maximum Gasteiger partial charge on any atom is 1.00 e. The van der Waals surface area contributed by atoms with Crippen molar-refractivity contribution in [3.05, 3.63) is 0 Å². The van der Waals surface area contributed by atoms with Crippen molar-refractivity contribution in [2.45, 2.75) is 6.18 Å². The SMILES string of the molecule is O=C([O-])C(F)(F)F.O=P(O)(O)O.[K+]. The molecule has 0 aliphatic heterocycles. The Morgan fingerprint density at radius 3 is 1.31 bits per heavy atom. The van der Waals surface area contributed by atoms with Crippen LogP contribution in [-0.2, 0) is 9.36 Å². The van der Waals surface area contributed by atoms with E-state index in [9.17, 15) is 13.2 Å². The Labute approximate surface area is 112 Å². The molecular weight excluding hydrogens is 247 g/mol. The van der Waals surface area contributed by atoms with E-state index < -0.39 is 20.0 Å². The van der Waals surface area contributed by atoms with Crippen LogP contribution in [0.4, 0.5) is 13.2 Å². The van der Waals surface area contributed by atoms with Crippen molar-refractivity contribution >= 4 is 13.8 Å². The maximum atomic E-state index is 10.5. The van der Waals surface area contributed by atoms with Crippen LogP contribution in [0.15, 0.2) is 0 Å². The summed E-state index contributed by atoms with van der Waals surface area (Å²) in [5.74, 6) is -3.01. The molecule has 3 N–H and O–H groups in total. The molecule has 0 saturated carbocycles. The molecule has 0 spiro atoms. The van der Waals surface area contributed by atoms with Gasteiger partial charge in [0.1, 0.15) is 5.97 Å². The Morgan fingerprint density at radius 1 is 1.23 bits per heavy atom. The summed E-state index contributed by atoms with van der Waals surface area (Å²) < 4.78 is 40.4. The minimum Gasteiger partial charge on any atom is -0.542 e. The molecule has 0 aromatic heterocycles. The van der Waals surface area contributed by atoms with Crippen molar-refractivity contribution < 1.29 is 93.7 Å². The monoisotopic (exact) mass is 250 g/mol. The first-order valence-electron chi connectivity index (χ1n) is 2.01. The zero-order valence-corrected chi connectivity index (χ0v) is 10.2. The van der Waals surface area contributed by atoms with Gasteiger partial charge in [-0.3, -0.25) is 0 Å². The van der Waals surface area contributed by atoms with Crippen LogP contribution in [0.1, 0.15) is 0 Å². The van der Waals surface area contributed by atoms with E-state index in [0.717, 1.165) is 0 Å². The van der Waals surface area contributed by atoms with E-state index in [-0.39, 0.29) is 51.4 Å². The van der Waals surface area contributed by atoms with Crippen LogP contribution >= 0.6 is 7.82 Å². The van der Waals surface area contributed by atoms with Gasteiger partial charge < -0.3 is 24.6 Å². The number of aliphatic carboxylic acids is 1. The molecule has 0 saturated heterocycles. The zero-order valence-electron chi connectivity index (χ0n) is 6.15. The van der Waals surface area contributed by atoms with Crippen molar-refractivity contribution in [3.63, 3.8) is 0 Å². The molecule has 6 nitrogen and oxygen atoms in total. The van der Waals surface area contributed by atoms with Gasteiger partial charge in [-0.25, -0.2) is 4.57 Å². The molecule has 74 valence electrons. The molecule has 0 heterocycles. The van der Waals surface area contributed by atoms with Crippen LogP contribution in [0.25, 0.3) is 0 Å². The smallest absolute Gasteiger partial charge is 0.542 e. The Kier molecular flexibility index (Phi) is 11.0. The molecule has 0 aromatic rings. The van der Waals surface area contributed by atoms with E-state index in [1.165, 1.54) is 0 Å². The van der Waals surface area contributed by atoms with Gasteiger partial charge in [-0.2, -0.15) is 13.2 Å². The third kappa shape index (κ3) is 32.1. The summed E-state index contributed by atoms with van der Waals surface area (Å²) in [5, 5.41) is 8.78. The van der Waals surface area contributed by atoms with E-state index in [1.54, 1.807) is 0 Å². The summed E-state index contributed by atoms with van der Waals surface area (Å²) in [6.45, 7) is 0. The molecule has 0 radical (unpaired) electrons. The summed E-state index contributed by atoms with van der Waals surface area (Å²) in [6.07, 6.45) is -5.19. The second-order valence-electron chi connectivity index (χ2n) is 1.30. The Hall–Kier alpha value is 1.01. The predicted molar refractivity (Wildman–Crippen MR) is 25.3 cm³/mol. The van der Waals surface area contributed by atoms with Gasteiger partial charge in [0.15, 0.2) is 0 Å². The second kappa shape index (κ2) is 7.32. The molecule has 0 bridgehead atoms. The first-order valence-corrected chi connectivity index (χ1v) is 3.57. The average Bonchev–Trinajstić information content (AvgIpc) is 1.55. The zero-order chi connectivity index (χ0) is 10.6. The fourth-order valence-electron chi connectivity index (χ4n) is 0. The van der Waals surface area contributed by atoms with Crippen molar-refractivity contribution in [2.24, 2.45) is 0 Å². The number of hydrogen-bond donors (Lipinski definition) is 3. The number of carbonyl (C=O) groups excluding carboxylic acids is 1. The van der Waals surface area contributed by atoms with E-state index in [4.69, 9.17) is 29.1 Å². The van der Waals surface area contributed by atoms with Crippen molar-refractivity contribution in [1.29, 1.82) is 0 Å². The number of carboxylic acids is 1. The van der Waals surface area contributed by atoms with Crippen LogP contribution in [-0.4, -0.2) is 26.8 Å². The summed E-state index contributed by atoms with van der Waals surface area (Å²) >= 11 is 0. The summed E-state index contributed by atoms with van der Waals surface area (Å²) in [6, 6.07) is 0. The third-order valence-corrected chi connectivity index (χ3v) is 0.231. The van der Waals surface area contributed by atoms with Crippen LogP contribution in [0, 0.1) is 0 Å². The molecule has 0 atom stereocenters. The first kappa shape index (κ1) is 19.6. The molecular formula is C2H3F3KO6P. The van der Waals surface area contributed by atoms with Crippen LogP contribution in [0.2, 0.25) is 0 Å². The number of hydrogen-bond acceptors (Lipinski definition) is 3. The molecule has 0 unspecified atom stereocenters.